The number of nitrogens with zero attached hydrogens (tertiary/aromatic N) is 6. The van der Waals surface area contributed by atoms with Crippen LogP contribution in [0.3, 0.4) is 0 Å². The zero-order chi connectivity index (χ0) is 18.6. The van der Waals surface area contributed by atoms with Crippen LogP contribution in [-0.4, -0.2) is 61.7 Å². The van der Waals surface area contributed by atoms with E-state index in [1.807, 2.05) is 29.2 Å². The number of thioether (sulfide) groups is 1. The van der Waals surface area contributed by atoms with E-state index >= 15 is 0 Å². The number of rotatable bonds is 5. The molecular weight excluding hydrogens is 364 g/mol. The van der Waals surface area contributed by atoms with Gasteiger partial charge in [0.15, 0.2) is 11.2 Å². The van der Waals surface area contributed by atoms with Gasteiger partial charge in [-0.05, 0) is 31.4 Å². The molecule has 1 aromatic carbocycles. The Morgan fingerprint density at radius 1 is 1.22 bits per heavy atom. The van der Waals surface area contributed by atoms with Crippen molar-refractivity contribution in [2.75, 3.05) is 26.0 Å². The summed E-state index contributed by atoms with van der Waals surface area (Å²) in [6.07, 6.45) is 4.86. The summed E-state index contributed by atoms with van der Waals surface area (Å²) in [6, 6.07) is 7.52. The summed E-state index contributed by atoms with van der Waals surface area (Å²) in [5.74, 6) is 1.22. The SMILES string of the molecule is COc1cccc(-n2nnc3c(SCC(=O)N4CCCCC4)ncnc32)c1. The fraction of sp³-hybridized carbons (Fsp3) is 0.389. The molecule has 1 fully saturated rings. The number of aromatic nitrogens is 5. The Balaban J connectivity index is 1.56. The van der Waals surface area contributed by atoms with Crippen molar-refractivity contribution < 1.29 is 9.53 Å². The fourth-order valence-corrected chi connectivity index (χ4v) is 3.95. The topological polar surface area (TPSA) is 86.0 Å². The number of carbonyl (C=O) groups is 1. The quantitative estimate of drug-likeness (QED) is 0.493. The van der Waals surface area contributed by atoms with Crippen LogP contribution in [-0.2, 0) is 4.79 Å². The van der Waals surface area contributed by atoms with Crippen LogP contribution in [0.4, 0.5) is 0 Å². The normalized spacial score (nSPS) is 14.5. The molecule has 4 rings (SSSR count). The number of hydrogen-bond donors (Lipinski definition) is 0. The summed E-state index contributed by atoms with van der Waals surface area (Å²) in [6.45, 7) is 1.70. The van der Waals surface area contributed by atoms with E-state index in [4.69, 9.17) is 4.74 Å². The molecule has 0 spiro atoms. The smallest absolute Gasteiger partial charge is 0.232 e. The first kappa shape index (κ1) is 17.7. The molecule has 9 heteroatoms. The van der Waals surface area contributed by atoms with Crippen molar-refractivity contribution in [2.24, 2.45) is 0 Å². The number of methoxy groups -OCH3 is 1. The first-order valence-corrected chi connectivity index (χ1v) is 9.86. The van der Waals surface area contributed by atoms with Crippen molar-refractivity contribution in [3.05, 3.63) is 30.6 Å². The zero-order valence-electron chi connectivity index (χ0n) is 15.0. The van der Waals surface area contributed by atoms with Gasteiger partial charge in [0.25, 0.3) is 0 Å². The second-order valence-corrected chi connectivity index (χ2v) is 7.25. The van der Waals surface area contributed by atoms with Gasteiger partial charge in [0.05, 0.1) is 18.6 Å². The van der Waals surface area contributed by atoms with Crippen LogP contribution in [0.2, 0.25) is 0 Å². The Labute approximate surface area is 160 Å². The highest BCUT2D eigenvalue weighted by Gasteiger charge is 2.19. The molecule has 1 amide bonds. The van der Waals surface area contributed by atoms with Gasteiger partial charge in [-0.3, -0.25) is 4.79 Å². The molecule has 27 heavy (non-hydrogen) atoms. The predicted octanol–water partition coefficient (Wildman–Crippen LogP) is 2.32. The zero-order valence-corrected chi connectivity index (χ0v) is 15.9. The van der Waals surface area contributed by atoms with Crippen LogP contribution in [0.1, 0.15) is 19.3 Å². The third-order valence-corrected chi connectivity index (χ3v) is 5.51. The van der Waals surface area contributed by atoms with Crippen molar-refractivity contribution in [3.63, 3.8) is 0 Å². The number of likely N-dealkylation sites (tertiary alicyclic amines) is 1. The number of fused-ring (bicyclic) bond motifs is 1. The van der Waals surface area contributed by atoms with E-state index in [0.717, 1.165) is 37.4 Å². The van der Waals surface area contributed by atoms with Crippen LogP contribution in [0.15, 0.2) is 35.6 Å². The first-order chi connectivity index (χ1) is 13.3. The highest BCUT2D eigenvalue weighted by molar-refractivity contribution is 8.00. The Hall–Kier alpha value is -2.68. The summed E-state index contributed by atoms with van der Waals surface area (Å²) >= 11 is 1.39. The van der Waals surface area contributed by atoms with Crippen LogP contribution in [0.25, 0.3) is 16.9 Å². The van der Waals surface area contributed by atoms with Gasteiger partial charge in [-0.15, -0.1) is 5.10 Å². The summed E-state index contributed by atoms with van der Waals surface area (Å²) in [5.41, 5.74) is 2.00. The second kappa shape index (κ2) is 7.91. The van der Waals surface area contributed by atoms with Crippen LogP contribution in [0.5, 0.6) is 5.75 Å². The van der Waals surface area contributed by atoms with Gasteiger partial charge in [0, 0.05) is 19.2 Å². The molecule has 8 nitrogen and oxygen atoms in total. The fourth-order valence-electron chi connectivity index (χ4n) is 3.11. The molecule has 1 aliphatic rings. The number of carbonyl (C=O) groups excluding carboxylic acids is 1. The summed E-state index contributed by atoms with van der Waals surface area (Å²) in [7, 11) is 1.62. The van der Waals surface area contributed by atoms with Crippen molar-refractivity contribution >= 4 is 28.8 Å². The lowest BCUT2D eigenvalue weighted by molar-refractivity contribution is -0.129. The average molecular weight is 384 g/mol. The van der Waals surface area contributed by atoms with Crippen molar-refractivity contribution in [2.45, 2.75) is 24.3 Å². The molecule has 0 bridgehead atoms. The summed E-state index contributed by atoms with van der Waals surface area (Å²) in [4.78, 5) is 23.0. The molecule has 3 aromatic rings. The van der Waals surface area contributed by atoms with Gasteiger partial charge in [-0.1, -0.05) is 23.0 Å². The van der Waals surface area contributed by atoms with Gasteiger partial charge in [-0.25, -0.2) is 9.97 Å². The molecule has 3 heterocycles. The molecule has 0 saturated carbocycles. The molecule has 0 aliphatic carbocycles. The predicted molar refractivity (Wildman–Crippen MR) is 102 cm³/mol. The number of benzene rings is 1. The molecule has 0 radical (unpaired) electrons. The van der Waals surface area contributed by atoms with Crippen LogP contribution in [0, 0.1) is 0 Å². The number of amides is 1. The lowest BCUT2D eigenvalue weighted by Crippen LogP contribution is -2.36. The Morgan fingerprint density at radius 2 is 2.07 bits per heavy atom. The third kappa shape index (κ3) is 3.73. The maximum Gasteiger partial charge on any atom is 0.232 e. The second-order valence-electron chi connectivity index (χ2n) is 6.28. The largest absolute Gasteiger partial charge is 0.497 e. The third-order valence-electron chi connectivity index (χ3n) is 4.54. The van der Waals surface area contributed by atoms with Crippen LogP contribution < -0.4 is 4.74 Å². The maximum absolute atomic E-state index is 12.4. The monoisotopic (exact) mass is 384 g/mol. The first-order valence-electron chi connectivity index (χ1n) is 8.87. The van der Waals surface area contributed by atoms with Gasteiger partial charge >= 0.3 is 0 Å². The summed E-state index contributed by atoms with van der Waals surface area (Å²) < 4.78 is 6.92. The minimum absolute atomic E-state index is 0.145. The standard InChI is InChI=1S/C18H20N6O2S/c1-26-14-7-5-6-13(10-14)24-17-16(21-22-24)18(20-12-19-17)27-11-15(25)23-8-3-2-4-9-23/h5-7,10,12H,2-4,8-9,11H2,1H3. The van der Waals surface area contributed by atoms with E-state index < -0.39 is 0 Å². The Kier molecular flexibility index (Phi) is 5.19. The number of ether oxygens (including phenoxy) is 1. The molecule has 0 unspecified atom stereocenters. The average Bonchev–Trinajstić information content (AvgIpc) is 3.17. The van der Waals surface area contributed by atoms with E-state index in [2.05, 4.69) is 20.3 Å². The van der Waals surface area contributed by atoms with E-state index in [-0.39, 0.29) is 5.91 Å². The van der Waals surface area contributed by atoms with E-state index in [1.54, 1.807) is 11.8 Å². The lowest BCUT2D eigenvalue weighted by atomic mass is 10.1. The Morgan fingerprint density at radius 3 is 2.89 bits per heavy atom. The Bertz CT molecular complexity index is 954. The summed E-state index contributed by atoms with van der Waals surface area (Å²) in [5, 5.41) is 9.13. The van der Waals surface area contributed by atoms with Gasteiger partial charge in [-0.2, -0.15) is 4.68 Å². The van der Waals surface area contributed by atoms with Gasteiger partial charge in [0.2, 0.25) is 5.91 Å². The molecule has 140 valence electrons. The maximum atomic E-state index is 12.4. The van der Waals surface area contributed by atoms with Crippen molar-refractivity contribution in [3.8, 4) is 11.4 Å². The highest BCUT2D eigenvalue weighted by atomic mass is 32.2. The van der Waals surface area contributed by atoms with E-state index in [0.29, 0.717) is 21.9 Å². The van der Waals surface area contributed by atoms with Crippen molar-refractivity contribution in [1.29, 1.82) is 0 Å². The minimum Gasteiger partial charge on any atom is -0.497 e. The molecule has 0 N–H and O–H groups in total. The highest BCUT2D eigenvalue weighted by Crippen LogP contribution is 2.25. The van der Waals surface area contributed by atoms with Crippen molar-refractivity contribution in [1.82, 2.24) is 29.9 Å². The van der Waals surface area contributed by atoms with Gasteiger partial charge < -0.3 is 9.64 Å². The van der Waals surface area contributed by atoms with Crippen LogP contribution >= 0.6 is 11.8 Å². The molecular formula is C18H20N6O2S. The number of piperidine rings is 1. The van der Waals surface area contributed by atoms with Gasteiger partial charge in [0.1, 0.15) is 17.1 Å². The minimum atomic E-state index is 0.145. The molecule has 2 aromatic heterocycles. The molecule has 0 atom stereocenters. The molecule has 1 aliphatic heterocycles. The molecule has 1 saturated heterocycles. The van der Waals surface area contributed by atoms with E-state index in [1.165, 1.54) is 24.5 Å². The van der Waals surface area contributed by atoms with E-state index in [9.17, 15) is 4.79 Å². The number of hydrogen-bond acceptors (Lipinski definition) is 7. The lowest BCUT2D eigenvalue weighted by Gasteiger charge is -2.26.